The van der Waals surface area contributed by atoms with Gasteiger partial charge in [0.25, 0.3) is 0 Å². The average Bonchev–Trinajstić information content (AvgIpc) is 3.25. The lowest BCUT2D eigenvalue weighted by atomic mass is 9.47. The summed E-state index contributed by atoms with van der Waals surface area (Å²) in [6, 6.07) is 0.629. The Kier molecular flexibility index (Phi) is 3.82. The standard InChI is InChI=1S/C29H42N2O2/c1-17-11-24-25(31(15-17)10-9-30)23-14-28-16-27(28)13-22-20(21(27)6-8-29(23,28)33-24)4-3-18-12-19(32)5-7-26(18,22)2/h12,17,20-25H,3-11,13-16,30H2,1-2H3/t17-,20-,21-,22-,23+,24+,25-,26-,27?,28?,29+/m0/s1. The van der Waals surface area contributed by atoms with Crippen LogP contribution in [-0.2, 0) is 9.53 Å². The fourth-order valence-corrected chi connectivity index (χ4v) is 12.2. The topological polar surface area (TPSA) is 55.6 Å². The second-order valence-corrected chi connectivity index (χ2v) is 14.1. The summed E-state index contributed by atoms with van der Waals surface area (Å²) < 4.78 is 7.31. The molecule has 2 saturated heterocycles. The van der Waals surface area contributed by atoms with E-state index in [4.69, 9.17) is 10.5 Å². The molecule has 0 aromatic carbocycles. The van der Waals surface area contributed by atoms with Crippen LogP contribution in [0.1, 0.15) is 78.1 Å². The molecule has 5 saturated carbocycles. The predicted molar refractivity (Wildman–Crippen MR) is 127 cm³/mol. The molecule has 0 aromatic heterocycles. The van der Waals surface area contributed by atoms with Crippen molar-refractivity contribution in [1.82, 2.24) is 4.90 Å². The Bertz CT molecular complexity index is 961. The molecule has 2 heterocycles. The molecule has 2 N–H and O–H groups in total. The van der Waals surface area contributed by atoms with Crippen molar-refractivity contribution < 1.29 is 9.53 Å². The van der Waals surface area contributed by atoms with Gasteiger partial charge in [-0.05, 0) is 98.4 Å². The van der Waals surface area contributed by atoms with E-state index in [2.05, 4.69) is 24.8 Å². The van der Waals surface area contributed by atoms with Crippen LogP contribution >= 0.6 is 0 Å². The molecule has 180 valence electrons. The first-order chi connectivity index (χ1) is 15.9. The second kappa shape index (κ2) is 6.16. The second-order valence-electron chi connectivity index (χ2n) is 14.1. The number of hydrogen-bond donors (Lipinski definition) is 1. The van der Waals surface area contributed by atoms with Crippen LogP contribution in [0.4, 0.5) is 0 Å². The molecular weight excluding hydrogens is 408 g/mol. The summed E-state index contributed by atoms with van der Waals surface area (Å²) >= 11 is 0. The molecular formula is C29H42N2O2. The van der Waals surface area contributed by atoms with Crippen molar-refractivity contribution in [3.63, 3.8) is 0 Å². The summed E-state index contributed by atoms with van der Waals surface area (Å²) in [6.07, 6.45) is 15.2. The normalized spacial score (nSPS) is 60.3. The van der Waals surface area contributed by atoms with Gasteiger partial charge in [0.2, 0.25) is 0 Å². The molecule has 0 amide bonds. The number of ketones is 1. The Balaban J connectivity index is 1.13. The average molecular weight is 451 g/mol. The lowest BCUT2D eigenvalue weighted by molar-refractivity contribution is -0.211. The molecule has 2 unspecified atom stereocenters. The van der Waals surface area contributed by atoms with Gasteiger partial charge in [-0.2, -0.15) is 0 Å². The fourth-order valence-electron chi connectivity index (χ4n) is 12.2. The van der Waals surface area contributed by atoms with Gasteiger partial charge in [-0.1, -0.05) is 19.4 Å². The number of hydrogen-bond acceptors (Lipinski definition) is 4. The number of carbonyl (C=O) groups excluding carboxylic acids is 1. The van der Waals surface area contributed by atoms with Gasteiger partial charge in [0.15, 0.2) is 5.78 Å². The first-order valence-corrected chi connectivity index (χ1v) is 14.2. The highest BCUT2D eigenvalue weighted by Crippen LogP contribution is 2.93. The summed E-state index contributed by atoms with van der Waals surface area (Å²) in [7, 11) is 0. The predicted octanol–water partition coefficient (Wildman–Crippen LogP) is 4.33. The molecule has 2 aliphatic heterocycles. The van der Waals surface area contributed by atoms with Crippen LogP contribution in [-0.4, -0.2) is 48.1 Å². The number of likely N-dealkylation sites (tertiary alicyclic amines) is 1. The Morgan fingerprint density at radius 1 is 1.15 bits per heavy atom. The zero-order chi connectivity index (χ0) is 22.4. The summed E-state index contributed by atoms with van der Waals surface area (Å²) in [5, 5.41) is 0. The third-order valence-electron chi connectivity index (χ3n) is 13.3. The van der Waals surface area contributed by atoms with Gasteiger partial charge >= 0.3 is 0 Å². The number of carbonyl (C=O) groups is 1. The van der Waals surface area contributed by atoms with Crippen LogP contribution in [0.3, 0.4) is 0 Å². The highest BCUT2D eigenvalue weighted by atomic mass is 16.5. The minimum absolute atomic E-state index is 0.186. The molecule has 0 bridgehead atoms. The number of fused-ring (bicyclic) bond motifs is 6. The molecule has 0 aromatic rings. The van der Waals surface area contributed by atoms with Crippen LogP contribution in [0.15, 0.2) is 11.6 Å². The minimum Gasteiger partial charge on any atom is -0.369 e. The zero-order valence-electron chi connectivity index (χ0n) is 20.7. The molecule has 33 heavy (non-hydrogen) atoms. The van der Waals surface area contributed by atoms with E-state index < -0.39 is 0 Å². The molecule has 0 radical (unpaired) electrons. The van der Waals surface area contributed by atoms with Gasteiger partial charge in [0.05, 0.1) is 11.7 Å². The van der Waals surface area contributed by atoms with Gasteiger partial charge in [0, 0.05) is 43.4 Å². The molecule has 4 nitrogen and oxygen atoms in total. The van der Waals surface area contributed by atoms with Crippen molar-refractivity contribution in [2.75, 3.05) is 19.6 Å². The quantitative estimate of drug-likeness (QED) is 0.681. The van der Waals surface area contributed by atoms with E-state index in [1.165, 1.54) is 63.5 Å². The molecule has 6 aliphatic carbocycles. The molecule has 8 aliphatic rings. The van der Waals surface area contributed by atoms with Gasteiger partial charge in [0.1, 0.15) is 0 Å². The lowest BCUT2D eigenvalue weighted by Crippen LogP contribution is -2.64. The van der Waals surface area contributed by atoms with Crippen LogP contribution in [0.25, 0.3) is 0 Å². The van der Waals surface area contributed by atoms with Crippen molar-refractivity contribution in [3.05, 3.63) is 11.6 Å². The first kappa shape index (κ1) is 20.5. The Labute approximate surface area is 199 Å². The summed E-state index contributed by atoms with van der Waals surface area (Å²) in [5.74, 6) is 4.49. The van der Waals surface area contributed by atoms with Gasteiger partial charge in [-0.3, -0.25) is 9.69 Å². The van der Waals surface area contributed by atoms with E-state index >= 15 is 0 Å². The van der Waals surface area contributed by atoms with Crippen LogP contribution in [0.2, 0.25) is 0 Å². The summed E-state index contributed by atoms with van der Waals surface area (Å²) in [5.41, 5.74) is 9.10. The van der Waals surface area contributed by atoms with Gasteiger partial charge in [-0.25, -0.2) is 0 Å². The number of nitrogens with two attached hydrogens (primary N) is 1. The summed E-state index contributed by atoms with van der Waals surface area (Å²) in [4.78, 5) is 15.0. The third-order valence-corrected chi connectivity index (χ3v) is 13.3. The highest BCUT2D eigenvalue weighted by Gasteiger charge is 2.91. The van der Waals surface area contributed by atoms with Crippen molar-refractivity contribution >= 4 is 5.78 Å². The van der Waals surface area contributed by atoms with Crippen LogP contribution in [0.5, 0.6) is 0 Å². The van der Waals surface area contributed by atoms with Crippen molar-refractivity contribution in [2.24, 2.45) is 51.6 Å². The lowest BCUT2D eigenvalue weighted by Gasteiger charge is -2.60. The number of ether oxygens (including phenoxy) is 1. The van der Waals surface area contributed by atoms with E-state index in [0.717, 1.165) is 55.5 Å². The monoisotopic (exact) mass is 450 g/mol. The Hall–Kier alpha value is -0.710. The molecule has 8 rings (SSSR count). The minimum atomic E-state index is 0.186. The number of nitrogens with zero attached hydrogens (tertiary/aromatic N) is 1. The van der Waals surface area contributed by atoms with E-state index in [-0.39, 0.29) is 5.60 Å². The Morgan fingerprint density at radius 3 is 2.88 bits per heavy atom. The first-order valence-electron chi connectivity index (χ1n) is 14.2. The van der Waals surface area contributed by atoms with Crippen molar-refractivity contribution in [3.8, 4) is 0 Å². The van der Waals surface area contributed by atoms with Crippen molar-refractivity contribution in [1.29, 1.82) is 0 Å². The molecule has 3 spiro atoms. The van der Waals surface area contributed by atoms with E-state index in [0.29, 0.717) is 34.2 Å². The van der Waals surface area contributed by atoms with Crippen LogP contribution < -0.4 is 5.73 Å². The number of piperidine rings is 1. The molecule has 7 fully saturated rings. The van der Waals surface area contributed by atoms with E-state index in [9.17, 15) is 4.79 Å². The number of allylic oxidation sites excluding steroid dienone is 2. The molecule has 11 atom stereocenters. The van der Waals surface area contributed by atoms with Crippen molar-refractivity contribution in [2.45, 2.75) is 95.8 Å². The largest absolute Gasteiger partial charge is 0.369 e. The maximum absolute atomic E-state index is 12.2. The van der Waals surface area contributed by atoms with Gasteiger partial charge in [-0.15, -0.1) is 0 Å². The zero-order valence-corrected chi connectivity index (χ0v) is 20.7. The van der Waals surface area contributed by atoms with E-state index in [1.807, 2.05) is 0 Å². The maximum Gasteiger partial charge on any atom is 0.155 e. The Morgan fingerprint density at radius 2 is 2.03 bits per heavy atom. The SMILES string of the molecule is C[C@H]1C[C@H]2O[C@@]34CC[C@H]5[C@@H]6CCC7=CC(=O)CC[C@]7(C)[C@H]6CC56CC63C[C@@H]4[C@@H]2N(CCN)C1. The maximum atomic E-state index is 12.2. The van der Waals surface area contributed by atoms with Crippen LogP contribution in [0, 0.1) is 45.8 Å². The smallest absolute Gasteiger partial charge is 0.155 e. The van der Waals surface area contributed by atoms with E-state index in [1.54, 1.807) is 0 Å². The number of rotatable bonds is 2. The fraction of sp³-hybridized carbons (Fsp3) is 0.897. The highest BCUT2D eigenvalue weighted by molar-refractivity contribution is 5.91. The van der Waals surface area contributed by atoms with Gasteiger partial charge < -0.3 is 10.5 Å². The third kappa shape index (κ3) is 2.13. The summed E-state index contributed by atoms with van der Waals surface area (Å²) in [6.45, 7) is 7.98. The molecule has 4 heteroatoms.